The Kier molecular flexibility index (Phi) is 4.85. The van der Waals surface area contributed by atoms with Crippen molar-refractivity contribution in [2.24, 2.45) is 0 Å². The summed E-state index contributed by atoms with van der Waals surface area (Å²) < 4.78 is 26.7. The SMILES string of the molecule is Cc1cnc(CNS(=O)(=O)c2ccc(CBr)cc2)cn1. The molecule has 0 radical (unpaired) electrons. The van der Waals surface area contributed by atoms with Crippen molar-refractivity contribution in [3.8, 4) is 0 Å². The molecule has 0 saturated heterocycles. The minimum absolute atomic E-state index is 0.121. The minimum Gasteiger partial charge on any atom is -0.258 e. The average Bonchev–Trinajstić information content (AvgIpc) is 2.47. The highest BCUT2D eigenvalue weighted by Crippen LogP contribution is 2.12. The fraction of sp³-hybridized carbons (Fsp3) is 0.231. The number of nitrogens with one attached hydrogen (secondary N) is 1. The van der Waals surface area contributed by atoms with Gasteiger partial charge in [0.2, 0.25) is 10.0 Å². The van der Waals surface area contributed by atoms with Gasteiger partial charge >= 0.3 is 0 Å². The molecule has 0 aliphatic heterocycles. The summed E-state index contributed by atoms with van der Waals surface area (Å²) in [5.74, 6) is 0. The van der Waals surface area contributed by atoms with Gasteiger partial charge in [-0.05, 0) is 24.6 Å². The van der Waals surface area contributed by atoms with E-state index in [0.29, 0.717) is 11.0 Å². The van der Waals surface area contributed by atoms with Crippen LogP contribution in [0, 0.1) is 6.92 Å². The summed E-state index contributed by atoms with van der Waals surface area (Å²) in [4.78, 5) is 8.42. The van der Waals surface area contributed by atoms with E-state index in [1.165, 1.54) is 0 Å². The van der Waals surface area contributed by atoms with Crippen LogP contribution in [-0.2, 0) is 21.9 Å². The first-order valence-electron chi connectivity index (χ1n) is 5.93. The van der Waals surface area contributed by atoms with Gasteiger partial charge in [-0.2, -0.15) is 0 Å². The van der Waals surface area contributed by atoms with E-state index in [1.54, 1.807) is 36.7 Å². The van der Waals surface area contributed by atoms with Crippen molar-refractivity contribution in [2.45, 2.75) is 23.7 Å². The molecule has 7 heteroatoms. The molecular weight excluding hydrogens is 342 g/mol. The van der Waals surface area contributed by atoms with E-state index in [9.17, 15) is 8.42 Å². The topological polar surface area (TPSA) is 72.0 Å². The number of benzene rings is 1. The highest BCUT2D eigenvalue weighted by Gasteiger charge is 2.13. The Hall–Kier alpha value is -1.31. The molecule has 20 heavy (non-hydrogen) atoms. The fourth-order valence-electron chi connectivity index (χ4n) is 1.52. The number of alkyl halides is 1. The number of nitrogens with zero attached hydrogens (tertiary/aromatic N) is 2. The summed E-state index contributed by atoms with van der Waals surface area (Å²) in [6, 6.07) is 6.71. The van der Waals surface area contributed by atoms with Gasteiger partial charge in [0.15, 0.2) is 0 Å². The molecule has 2 aromatic rings. The second-order valence-corrected chi connectivity index (χ2v) is 6.58. The maximum absolute atomic E-state index is 12.1. The third-order valence-corrected chi connectivity index (χ3v) is 4.73. The smallest absolute Gasteiger partial charge is 0.240 e. The van der Waals surface area contributed by atoms with Gasteiger partial charge in [-0.1, -0.05) is 28.1 Å². The van der Waals surface area contributed by atoms with Gasteiger partial charge in [-0.3, -0.25) is 9.97 Å². The number of sulfonamides is 1. The van der Waals surface area contributed by atoms with E-state index in [2.05, 4.69) is 30.6 Å². The average molecular weight is 356 g/mol. The number of hydrogen-bond acceptors (Lipinski definition) is 4. The highest BCUT2D eigenvalue weighted by atomic mass is 79.9. The predicted octanol–water partition coefficient (Wildman–Crippen LogP) is 2.16. The molecule has 0 atom stereocenters. The van der Waals surface area contributed by atoms with Gasteiger partial charge < -0.3 is 0 Å². The molecule has 0 aliphatic rings. The molecule has 0 saturated carbocycles. The molecule has 0 fully saturated rings. The molecule has 0 bridgehead atoms. The summed E-state index contributed by atoms with van der Waals surface area (Å²) in [5, 5.41) is 0.694. The van der Waals surface area contributed by atoms with Gasteiger partial charge in [0, 0.05) is 11.5 Å². The predicted molar refractivity (Wildman–Crippen MR) is 79.9 cm³/mol. The van der Waals surface area contributed by atoms with Crippen LogP contribution in [0.25, 0.3) is 0 Å². The summed E-state index contributed by atoms with van der Waals surface area (Å²) in [6.45, 7) is 1.95. The van der Waals surface area contributed by atoms with Gasteiger partial charge in [0.1, 0.15) is 0 Å². The van der Waals surface area contributed by atoms with Crippen LogP contribution in [0.15, 0.2) is 41.6 Å². The van der Waals surface area contributed by atoms with Gasteiger partial charge in [-0.25, -0.2) is 13.1 Å². The number of aromatic nitrogens is 2. The molecule has 1 heterocycles. The van der Waals surface area contributed by atoms with E-state index in [1.807, 2.05) is 6.92 Å². The number of rotatable bonds is 5. The van der Waals surface area contributed by atoms with E-state index in [0.717, 1.165) is 11.3 Å². The van der Waals surface area contributed by atoms with Crippen LogP contribution in [0.4, 0.5) is 0 Å². The zero-order chi connectivity index (χ0) is 14.6. The minimum atomic E-state index is -3.53. The maximum Gasteiger partial charge on any atom is 0.240 e. The Bertz CT molecular complexity index is 670. The van der Waals surface area contributed by atoms with Crippen LogP contribution >= 0.6 is 15.9 Å². The highest BCUT2D eigenvalue weighted by molar-refractivity contribution is 9.08. The zero-order valence-corrected chi connectivity index (χ0v) is 13.3. The summed E-state index contributed by atoms with van der Waals surface area (Å²) in [6.07, 6.45) is 3.17. The van der Waals surface area contributed by atoms with Gasteiger partial charge in [0.05, 0.1) is 29.0 Å². The molecular formula is C13H14BrN3O2S. The van der Waals surface area contributed by atoms with Crippen molar-refractivity contribution >= 4 is 26.0 Å². The van der Waals surface area contributed by atoms with Crippen LogP contribution in [0.5, 0.6) is 0 Å². The third-order valence-electron chi connectivity index (χ3n) is 2.67. The van der Waals surface area contributed by atoms with E-state index >= 15 is 0 Å². The Morgan fingerprint density at radius 1 is 1.15 bits per heavy atom. The van der Waals surface area contributed by atoms with E-state index in [-0.39, 0.29) is 11.4 Å². The quantitative estimate of drug-likeness (QED) is 0.834. The molecule has 5 nitrogen and oxygen atoms in total. The van der Waals surface area contributed by atoms with Gasteiger partial charge in [0.25, 0.3) is 0 Å². The van der Waals surface area contributed by atoms with Crippen molar-refractivity contribution in [3.63, 3.8) is 0 Å². The largest absolute Gasteiger partial charge is 0.258 e. The van der Waals surface area contributed by atoms with Crippen LogP contribution in [-0.4, -0.2) is 18.4 Å². The van der Waals surface area contributed by atoms with Crippen molar-refractivity contribution in [3.05, 3.63) is 53.6 Å². The summed E-state index contributed by atoms with van der Waals surface area (Å²) in [5.41, 5.74) is 2.39. The van der Waals surface area contributed by atoms with Crippen LogP contribution < -0.4 is 4.72 Å². The Morgan fingerprint density at radius 2 is 1.85 bits per heavy atom. The first kappa shape index (κ1) is 15.1. The van der Waals surface area contributed by atoms with E-state index in [4.69, 9.17) is 0 Å². The lowest BCUT2D eigenvalue weighted by Gasteiger charge is -2.07. The molecule has 0 aliphatic carbocycles. The first-order chi connectivity index (χ1) is 9.51. The Morgan fingerprint density at radius 3 is 2.40 bits per heavy atom. The van der Waals surface area contributed by atoms with Crippen molar-refractivity contribution in [2.75, 3.05) is 0 Å². The van der Waals surface area contributed by atoms with Crippen molar-refractivity contribution in [1.29, 1.82) is 0 Å². The third kappa shape index (κ3) is 3.84. The number of hydrogen-bond donors (Lipinski definition) is 1. The lowest BCUT2D eigenvalue weighted by molar-refractivity contribution is 0.580. The lowest BCUT2D eigenvalue weighted by Crippen LogP contribution is -2.23. The summed E-state index contributed by atoms with van der Waals surface area (Å²) in [7, 11) is -3.53. The lowest BCUT2D eigenvalue weighted by atomic mass is 10.2. The fourth-order valence-corrected chi connectivity index (χ4v) is 2.89. The van der Waals surface area contributed by atoms with Gasteiger partial charge in [-0.15, -0.1) is 0 Å². The second-order valence-electron chi connectivity index (χ2n) is 4.25. The molecule has 0 unspecified atom stereocenters. The summed E-state index contributed by atoms with van der Waals surface area (Å²) >= 11 is 3.32. The van der Waals surface area contributed by atoms with Crippen molar-refractivity contribution < 1.29 is 8.42 Å². The first-order valence-corrected chi connectivity index (χ1v) is 8.54. The number of halogens is 1. The molecule has 1 aromatic heterocycles. The van der Waals surface area contributed by atoms with Crippen LogP contribution in [0.1, 0.15) is 17.0 Å². The molecule has 1 N–H and O–H groups in total. The van der Waals surface area contributed by atoms with Crippen molar-refractivity contribution in [1.82, 2.24) is 14.7 Å². The standard InChI is InChI=1S/C13H14BrN3O2S/c1-10-7-16-12(8-15-10)9-17-20(18,19)13-4-2-11(6-14)3-5-13/h2-5,7-8,17H,6,9H2,1H3. The molecule has 0 spiro atoms. The van der Waals surface area contributed by atoms with E-state index < -0.39 is 10.0 Å². The molecule has 1 aromatic carbocycles. The molecule has 2 rings (SSSR count). The molecule has 106 valence electrons. The second kappa shape index (κ2) is 6.43. The monoisotopic (exact) mass is 355 g/mol. The maximum atomic E-state index is 12.1. The van der Waals surface area contributed by atoms with Crippen LogP contribution in [0.3, 0.4) is 0 Å². The zero-order valence-electron chi connectivity index (χ0n) is 10.9. The normalized spacial score (nSPS) is 11.5. The number of aryl methyl sites for hydroxylation is 1. The Labute approximate surface area is 126 Å². The van der Waals surface area contributed by atoms with Crippen LogP contribution in [0.2, 0.25) is 0 Å². The molecule has 0 amide bonds. The Balaban J connectivity index is 2.08.